The Hall–Kier alpha value is -1.44. The third-order valence-corrected chi connectivity index (χ3v) is 6.88. The molecule has 7 heteroatoms. The molecule has 2 heterocycles. The van der Waals surface area contributed by atoms with Crippen LogP contribution in [0.15, 0.2) is 29.2 Å². The third-order valence-electron chi connectivity index (χ3n) is 4.91. The second-order valence-corrected chi connectivity index (χ2v) is 8.24. The smallest absolute Gasteiger partial charge is 0.339 e. The molecule has 0 spiro atoms. The van der Waals surface area contributed by atoms with Crippen LogP contribution < -0.4 is 5.32 Å². The molecular formula is C16H22N2O4S. The number of methoxy groups -OCH3 is 1. The number of piperidine rings is 1. The molecule has 0 amide bonds. The molecule has 1 aromatic carbocycles. The van der Waals surface area contributed by atoms with Crippen LogP contribution in [-0.4, -0.2) is 51.0 Å². The maximum absolute atomic E-state index is 13.0. The number of hydrogen-bond donors (Lipinski definition) is 1. The minimum atomic E-state index is -3.74. The number of rotatable bonds is 4. The number of hydrogen-bond acceptors (Lipinski definition) is 5. The maximum Gasteiger partial charge on any atom is 0.339 e. The van der Waals surface area contributed by atoms with Gasteiger partial charge in [-0.05, 0) is 37.8 Å². The molecule has 3 rings (SSSR count). The normalized spacial score (nSPS) is 27.2. The quantitative estimate of drug-likeness (QED) is 0.840. The van der Waals surface area contributed by atoms with E-state index >= 15 is 0 Å². The van der Waals surface area contributed by atoms with Crippen molar-refractivity contribution in [3.05, 3.63) is 29.8 Å². The van der Waals surface area contributed by atoms with Crippen LogP contribution in [0.5, 0.6) is 0 Å². The first-order valence-electron chi connectivity index (χ1n) is 7.85. The highest BCUT2D eigenvalue weighted by molar-refractivity contribution is 7.89. The second-order valence-electron chi connectivity index (χ2n) is 6.27. The van der Waals surface area contributed by atoms with Gasteiger partial charge in [0, 0.05) is 25.2 Å². The molecule has 23 heavy (non-hydrogen) atoms. The molecule has 0 aromatic heterocycles. The standard InChI is InChI=1S/C16H22N2O4S/c1-18(13-9-11-7-8-12(10-13)17-11)23(20,21)15-6-4-3-5-14(15)16(19)22-2/h3-6,11-13,17H,7-10H2,1-2H3. The molecule has 1 aromatic rings. The molecule has 126 valence electrons. The Morgan fingerprint density at radius 2 is 1.83 bits per heavy atom. The molecule has 0 aliphatic carbocycles. The van der Waals surface area contributed by atoms with E-state index in [1.165, 1.54) is 23.5 Å². The number of nitrogens with zero attached hydrogens (tertiary/aromatic N) is 1. The fourth-order valence-corrected chi connectivity index (χ4v) is 5.20. The fraction of sp³-hybridized carbons (Fsp3) is 0.562. The highest BCUT2D eigenvalue weighted by Gasteiger charge is 2.39. The lowest BCUT2D eigenvalue weighted by atomic mass is 10.0. The van der Waals surface area contributed by atoms with Gasteiger partial charge in [-0.15, -0.1) is 0 Å². The van der Waals surface area contributed by atoms with Gasteiger partial charge in [-0.25, -0.2) is 13.2 Å². The molecule has 0 saturated carbocycles. The van der Waals surface area contributed by atoms with Gasteiger partial charge in [-0.3, -0.25) is 0 Å². The lowest BCUT2D eigenvalue weighted by Crippen LogP contribution is -2.48. The lowest BCUT2D eigenvalue weighted by molar-refractivity contribution is 0.0596. The highest BCUT2D eigenvalue weighted by atomic mass is 32.2. The molecule has 2 aliphatic heterocycles. The van der Waals surface area contributed by atoms with Crippen LogP contribution in [0.25, 0.3) is 0 Å². The monoisotopic (exact) mass is 338 g/mol. The van der Waals surface area contributed by atoms with Crippen LogP contribution in [0, 0.1) is 0 Å². The Labute approximate surface area is 136 Å². The number of fused-ring (bicyclic) bond motifs is 2. The first-order valence-corrected chi connectivity index (χ1v) is 9.29. The molecule has 2 bridgehead atoms. The fourth-order valence-electron chi connectivity index (χ4n) is 3.65. The Bertz CT molecular complexity index is 692. The van der Waals surface area contributed by atoms with Crippen LogP contribution in [0.4, 0.5) is 0 Å². The lowest BCUT2D eigenvalue weighted by Gasteiger charge is -2.35. The number of benzene rings is 1. The molecule has 1 N–H and O–H groups in total. The first kappa shape index (κ1) is 16.4. The van der Waals surface area contributed by atoms with E-state index in [1.807, 2.05) is 0 Å². The van der Waals surface area contributed by atoms with E-state index < -0.39 is 16.0 Å². The molecule has 2 atom stereocenters. The number of sulfonamides is 1. The number of carbonyl (C=O) groups is 1. The Morgan fingerprint density at radius 3 is 2.43 bits per heavy atom. The maximum atomic E-state index is 13.0. The number of esters is 1. The minimum Gasteiger partial charge on any atom is -0.465 e. The van der Waals surface area contributed by atoms with Gasteiger partial charge in [0.2, 0.25) is 10.0 Å². The molecule has 2 unspecified atom stereocenters. The van der Waals surface area contributed by atoms with Crippen molar-refractivity contribution in [2.45, 2.75) is 48.7 Å². The molecule has 2 saturated heterocycles. The third kappa shape index (κ3) is 3.00. The van der Waals surface area contributed by atoms with Crippen molar-refractivity contribution in [1.82, 2.24) is 9.62 Å². The molecular weight excluding hydrogens is 316 g/mol. The van der Waals surface area contributed by atoms with Gasteiger partial charge in [0.05, 0.1) is 17.6 Å². The summed E-state index contributed by atoms with van der Waals surface area (Å²) in [6, 6.07) is 6.96. The van der Waals surface area contributed by atoms with Gasteiger partial charge >= 0.3 is 5.97 Å². The van der Waals surface area contributed by atoms with Gasteiger partial charge in [0.15, 0.2) is 0 Å². The first-order chi connectivity index (χ1) is 10.9. The summed E-state index contributed by atoms with van der Waals surface area (Å²) >= 11 is 0. The molecule has 6 nitrogen and oxygen atoms in total. The average Bonchev–Trinajstić information content (AvgIpc) is 2.91. The van der Waals surface area contributed by atoms with E-state index in [4.69, 9.17) is 4.74 Å². The predicted octanol–water partition coefficient (Wildman–Crippen LogP) is 1.38. The summed E-state index contributed by atoms with van der Waals surface area (Å²) in [5, 5.41) is 3.51. The predicted molar refractivity (Wildman–Crippen MR) is 85.7 cm³/mol. The van der Waals surface area contributed by atoms with E-state index in [-0.39, 0.29) is 16.5 Å². The zero-order chi connectivity index (χ0) is 16.6. The summed E-state index contributed by atoms with van der Waals surface area (Å²) in [4.78, 5) is 11.9. The van der Waals surface area contributed by atoms with Gasteiger partial charge in [-0.2, -0.15) is 4.31 Å². The number of carbonyl (C=O) groups excluding carboxylic acids is 1. The van der Waals surface area contributed by atoms with Gasteiger partial charge in [-0.1, -0.05) is 12.1 Å². The van der Waals surface area contributed by atoms with Crippen LogP contribution >= 0.6 is 0 Å². The molecule has 2 aliphatic rings. The summed E-state index contributed by atoms with van der Waals surface area (Å²) in [7, 11) is -0.879. The van der Waals surface area contributed by atoms with Crippen molar-refractivity contribution in [3.8, 4) is 0 Å². The van der Waals surface area contributed by atoms with Gasteiger partial charge in [0.25, 0.3) is 0 Å². The van der Waals surface area contributed by atoms with E-state index in [0.717, 1.165) is 25.7 Å². The zero-order valence-electron chi connectivity index (χ0n) is 13.4. The zero-order valence-corrected chi connectivity index (χ0v) is 14.2. The minimum absolute atomic E-state index is 0.0141. The van der Waals surface area contributed by atoms with Crippen LogP contribution in [0.2, 0.25) is 0 Å². The van der Waals surface area contributed by atoms with Gasteiger partial charge in [0.1, 0.15) is 0 Å². The van der Waals surface area contributed by atoms with Crippen LogP contribution in [0.1, 0.15) is 36.0 Å². The Morgan fingerprint density at radius 1 is 1.22 bits per heavy atom. The summed E-state index contributed by atoms with van der Waals surface area (Å²) < 4.78 is 32.1. The second kappa shape index (κ2) is 6.22. The van der Waals surface area contributed by atoms with Crippen molar-refractivity contribution in [2.75, 3.05) is 14.2 Å². The highest BCUT2D eigenvalue weighted by Crippen LogP contribution is 2.32. The van der Waals surface area contributed by atoms with Crippen molar-refractivity contribution in [3.63, 3.8) is 0 Å². The van der Waals surface area contributed by atoms with Crippen LogP contribution in [-0.2, 0) is 14.8 Å². The van der Waals surface area contributed by atoms with Crippen LogP contribution in [0.3, 0.4) is 0 Å². The molecule has 0 radical (unpaired) electrons. The SMILES string of the molecule is COC(=O)c1ccccc1S(=O)(=O)N(C)C1CC2CCC(C1)N2. The Kier molecular flexibility index (Phi) is 4.44. The number of ether oxygens (including phenoxy) is 1. The van der Waals surface area contributed by atoms with Crippen molar-refractivity contribution in [2.24, 2.45) is 0 Å². The largest absolute Gasteiger partial charge is 0.465 e. The van der Waals surface area contributed by atoms with Crippen molar-refractivity contribution in [1.29, 1.82) is 0 Å². The topological polar surface area (TPSA) is 75.7 Å². The van der Waals surface area contributed by atoms with E-state index in [2.05, 4.69) is 5.32 Å². The summed E-state index contributed by atoms with van der Waals surface area (Å²) in [6.07, 6.45) is 3.83. The van der Waals surface area contributed by atoms with Gasteiger partial charge < -0.3 is 10.1 Å². The van der Waals surface area contributed by atoms with Crippen molar-refractivity contribution < 1.29 is 17.9 Å². The summed E-state index contributed by atoms with van der Waals surface area (Å²) in [5.41, 5.74) is 0.0822. The summed E-state index contributed by atoms with van der Waals surface area (Å²) in [5.74, 6) is -0.636. The van der Waals surface area contributed by atoms with E-state index in [1.54, 1.807) is 19.2 Å². The van der Waals surface area contributed by atoms with E-state index in [9.17, 15) is 13.2 Å². The number of nitrogens with one attached hydrogen (secondary N) is 1. The van der Waals surface area contributed by atoms with E-state index in [0.29, 0.717) is 12.1 Å². The molecule has 2 fully saturated rings. The average molecular weight is 338 g/mol. The Balaban J connectivity index is 1.91. The van der Waals surface area contributed by atoms with Crippen molar-refractivity contribution >= 4 is 16.0 Å². The summed E-state index contributed by atoms with van der Waals surface area (Å²) in [6.45, 7) is 0.